The molecule has 0 amide bonds. The molecule has 0 saturated heterocycles. The number of carboxylic acids is 1. The second kappa shape index (κ2) is 6.76. The number of carbonyl (C=O) groups is 1. The van der Waals surface area contributed by atoms with Crippen molar-refractivity contribution in [2.45, 2.75) is 31.2 Å². The lowest BCUT2D eigenvalue weighted by Gasteiger charge is -2.16. The van der Waals surface area contributed by atoms with Gasteiger partial charge < -0.3 is 5.11 Å². The van der Waals surface area contributed by atoms with Gasteiger partial charge in [-0.3, -0.25) is 19.1 Å². The van der Waals surface area contributed by atoms with E-state index in [4.69, 9.17) is 0 Å². The fraction of sp³-hybridized carbons (Fsp3) is 0.429. The highest BCUT2D eigenvalue weighted by Gasteiger charge is 2.27. The van der Waals surface area contributed by atoms with Gasteiger partial charge in [-0.25, -0.2) is 18.2 Å². The molecule has 11 heteroatoms. The maximum absolute atomic E-state index is 12.4. The van der Waals surface area contributed by atoms with Crippen LogP contribution in [0, 0.1) is 5.92 Å². The first kappa shape index (κ1) is 18.8. The van der Waals surface area contributed by atoms with Crippen LogP contribution < -0.4 is 16.0 Å². The first-order chi connectivity index (χ1) is 11.5. The molecule has 25 heavy (non-hydrogen) atoms. The Labute approximate surface area is 142 Å². The summed E-state index contributed by atoms with van der Waals surface area (Å²) in [5.41, 5.74) is -1.44. The molecule has 2 heterocycles. The number of nitrogens with one attached hydrogen (secondary N) is 2. The predicted octanol–water partition coefficient (Wildman–Crippen LogP) is -0.601. The summed E-state index contributed by atoms with van der Waals surface area (Å²) in [5.74, 6) is -1.35. The Balaban J connectivity index is 2.51. The van der Waals surface area contributed by atoms with Gasteiger partial charge in [-0.2, -0.15) is 4.72 Å². The highest BCUT2D eigenvalue weighted by atomic mass is 32.2. The number of aliphatic carboxylic acids is 1. The molecule has 0 aliphatic rings. The summed E-state index contributed by atoms with van der Waals surface area (Å²) in [5, 5.41) is 9.08. The Kier molecular flexibility index (Phi) is 5.09. The highest BCUT2D eigenvalue weighted by Crippen LogP contribution is 2.14. The van der Waals surface area contributed by atoms with E-state index in [-0.39, 0.29) is 28.3 Å². The van der Waals surface area contributed by atoms with E-state index in [9.17, 15) is 27.9 Å². The van der Waals surface area contributed by atoms with E-state index in [1.807, 2.05) is 4.98 Å². The Bertz CT molecular complexity index is 1040. The van der Waals surface area contributed by atoms with Gasteiger partial charge >= 0.3 is 11.7 Å². The van der Waals surface area contributed by atoms with Gasteiger partial charge in [0.15, 0.2) is 0 Å². The highest BCUT2D eigenvalue weighted by molar-refractivity contribution is 7.89. The lowest BCUT2D eigenvalue weighted by atomic mass is 10.1. The Morgan fingerprint density at radius 1 is 1.40 bits per heavy atom. The van der Waals surface area contributed by atoms with Gasteiger partial charge in [0.05, 0.1) is 5.39 Å². The topological polar surface area (TPSA) is 151 Å². The van der Waals surface area contributed by atoms with E-state index < -0.39 is 33.3 Å². The van der Waals surface area contributed by atoms with E-state index in [0.29, 0.717) is 0 Å². The zero-order valence-electron chi connectivity index (χ0n) is 13.8. The molecule has 0 bridgehead atoms. The average molecular weight is 370 g/mol. The smallest absolute Gasteiger partial charge is 0.329 e. The van der Waals surface area contributed by atoms with Gasteiger partial charge in [-0.15, -0.1) is 0 Å². The number of fused-ring (bicyclic) bond motifs is 1. The summed E-state index contributed by atoms with van der Waals surface area (Å²) in [6.07, 6.45) is 1.07. The number of pyridine rings is 1. The lowest BCUT2D eigenvalue weighted by molar-refractivity contribution is -0.139. The monoisotopic (exact) mass is 370 g/mol. The summed E-state index contributed by atoms with van der Waals surface area (Å²) in [6, 6.07) is -0.254. The molecule has 10 nitrogen and oxygen atoms in total. The zero-order valence-corrected chi connectivity index (χ0v) is 14.6. The molecule has 136 valence electrons. The fourth-order valence-corrected chi connectivity index (χ4v) is 3.46. The summed E-state index contributed by atoms with van der Waals surface area (Å²) < 4.78 is 28.1. The second-order valence-corrected chi connectivity index (χ2v) is 7.72. The minimum atomic E-state index is -4.21. The largest absolute Gasteiger partial charge is 0.480 e. The lowest BCUT2D eigenvalue weighted by Crippen LogP contribution is -2.41. The molecule has 0 aliphatic heterocycles. The van der Waals surface area contributed by atoms with Gasteiger partial charge in [0.2, 0.25) is 10.0 Å². The second-order valence-electron chi connectivity index (χ2n) is 6.00. The summed E-state index contributed by atoms with van der Waals surface area (Å²) in [7, 11) is -2.84. The van der Waals surface area contributed by atoms with E-state index in [2.05, 4.69) is 9.71 Å². The van der Waals surface area contributed by atoms with Crippen LogP contribution in [0.2, 0.25) is 0 Å². The van der Waals surface area contributed by atoms with Crippen molar-refractivity contribution in [1.82, 2.24) is 19.3 Å². The van der Waals surface area contributed by atoms with Gasteiger partial charge in [0.25, 0.3) is 5.56 Å². The number of H-pyrrole nitrogens is 1. The summed E-state index contributed by atoms with van der Waals surface area (Å²) in [6.45, 7) is 3.53. The number of carboxylic acid groups (broad SMARTS) is 1. The molecule has 2 rings (SSSR count). The van der Waals surface area contributed by atoms with Crippen molar-refractivity contribution in [3.8, 4) is 0 Å². The maximum atomic E-state index is 12.4. The molecule has 2 aromatic heterocycles. The number of hydrogen-bond acceptors (Lipinski definition) is 6. The third kappa shape index (κ3) is 3.94. The van der Waals surface area contributed by atoms with Crippen LogP contribution in [0.3, 0.4) is 0 Å². The van der Waals surface area contributed by atoms with E-state index in [1.54, 1.807) is 13.8 Å². The minimum absolute atomic E-state index is 0.0182. The fourth-order valence-electron chi connectivity index (χ4n) is 2.29. The van der Waals surface area contributed by atoms with Crippen LogP contribution >= 0.6 is 0 Å². The van der Waals surface area contributed by atoms with Gasteiger partial charge in [0.1, 0.15) is 16.6 Å². The maximum Gasteiger partial charge on any atom is 0.329 e. The van der Waals surface area contributed by atoms with Crippen LogP contribution in [0.4, 0.5) is 0 Å². The molecular formula is C14H18N4O6S. The third-order valence-electron chi connectivity index (χ3n) is 3.54. The number of aromatic nitrogens is 3. The van der Waals surface area contributed by atoms with Crippen molar-refractivity contribution >= 4 is 27.0 Å². The Hall–Kier alpha value is -2.53. The number of nitrogens with zero attached hydrogens (tertiary/aromatic N) is 2. The SMILES string of the molecule is CC(C)C[C@H](NS(=O)(=O)c1cnc2c(c1)c(=O)[nH]c(=O)n2C)C(=O)O. The van der Waals surface area contributed by atoms with Crippen molar-refractivity contribution < 1.29 is 18.3 Å². The van der Waals surface area contributed by atoms with Gasteiger partial charge in [-0.1, -0.05) is 13.8 Å². The molecule has 0 spiro atoms. The first-order valence-electron chi connectivity index (χ1n) is 7.37. The van der Waals surface area contributed by atoms with Crippen molar-refractivity contribution in [3.63, 3.8) is 0 Å². The molecule has 0 unspecified atom stereocenters. The first-order valence-corrected chi connectivity index (χ1v) is 8.85. The van der Waals surface area contributed by atoms with E-state index >= 15 is 0 Å². The van der Waals surface area contributed by atoms with Crippen LogP contribution in [-0.4, -0.2) is 40.1 Å². The molecular weight excluding hydrogens is 352 g/mol. The number of rotatable bonds is 6. The van der Waals surface area contributed by atoms with E-state index in [0.717, 1.165) is 16.8 Å². The third-order valence-corrected chi connectivity index (χ3v) is 4.98. The normalized spacial score (nSPS) is 13.3. The van der Waals surface area contributed by atoms with E-state index in [1.165, 1.54) is 7.05 Å². The molecule has 1 atom stereocenters. The molecule has 0 aliphatic carbocycles. The quantitative estimate of drug-likeness (QED) is 0.614. The number of aromatic amines is 1. The molecule has 0 saturated carbocycles. The molecule has 3 N–H and O–H groups in total. The summed E-state index contributed by atoms with van der Waals surface area (Å²) in [4.78, 5) is 40.2. The zero-order chi connectivity index (χ0) is 18.9. The number of aryl methyl sites for hydroxylation is 1. The minimum Gasteiger partial charge on any atom is -0.480 e. The van der Waals surface area contributed by atoms with Crippen molar-refractivity contribution in [1.29, 1.82) is 0 Å². The Morgan fingerprint density at radius 3 is 2.60 bits per heavy atom. The average Bonchev–Trinajstić information content (AvgIpc) is 2.51. The van der Waals surface area contributed by atoms with Crippen LogP contribution in [0.5, 0.6) is 0 Å². The van der Waals surface area contributed by atoms with Crippen LogP contribution in [-0.2, 0) is 21.9 Å². The standard InChI is InChI=1S/C14H18N4O6S/c1-7(2)4-10(13(20)21)17-25(23,24)8-5-9-11(15-6-8)18(3)14(22)16-12(9)19/h5-7,10,17H,4H2,1-3H3,(H,20,21)(H,16,19,22)/t10-/m0/s1. The Morgan fingerprint density at radius 2 is 2.04 bits per heavy atom. The van der Waals surface area contributed by atoms with Gasteiger partial charge in [-0.05, 0) is 18.4 Å². The molecule has 2 aromatic rings. The van der Waals surface area contributed by atoms with Crippen molar-refractivity contribution in [3.05, 3.63) is 33.1 Å². The van der Waals surface area contributed by atoms with Gasteiger partial charge in [0, 0.05) is 13.2 Å². The van der Waals surface area contributed by atoms with Crippen LogP contribution in [0.15, 0.2) is 26.7 Å². The van der Waals surface area contributed by atoms with Crippen LogP contribution in [0.1, 0.15) is 20.3 Å². The molecule has 0 radical (unpaired) electrons. The predicted molar refractivity (Wildman–Crippen MR) is 88.8 cm³/mol. The van der Waals surface area contributed by atoms with Crippen molar-refractivity contribution in [2.24, 2.45) is 13.0 Å². The molecule has 0 fully saturated rings. The number of sulfonamides is 1. The number of hydrogen-bond donors (Lipinski definition) is 3. The summed E-state index contributed by atoms with van der Waals surface area (Å²) >= 11 is 0. The molecule has 0 aromatic carbocycles. The van der Waals surface area contributed by atoms with Crippen molar-refractivity contribution in [2.75, 3.05) is 0 Å². The van der Waals surface area contributed by atoms with Crippen LogP contribution in [0.25, 0.3) is 11.0 Å².